The van der Waals surface area contributed by atoms with Crippen LogP contribution in [0.1, 0.15) is 46.0 Å². The van der Waals surface area contributed by atoms with Crippen LogP contribution >= 0.6 is 0 Å². The average molecular weight is 239 g/mol. The van der Waals surface area contributed by atoms with Gasteiger partial charge in [-0.1, -0.05) is 26.2 Å². The molecule has 0 saturated carbocycles. The monoisotopic (exact) mass is 239 g/mol. The fourth-order valence-electron chi connectivity index (χ4n) is 1.74. The number of halogens is 1. The highest BCUT2D eigenvalue weighted by Crippen LogP contribution is 2.24. The van der Waals surface area contributed by atoms with Crippen molar-refractivity contribution in [1.29, 1.82) is 0 Å². The summed E-state index contributed by atoms with van der Waals surface area (Å²) in [6.07, 6.45) is 5.92. The highest BCUT2D eigenvalue weighted by Gasteiger charge is 2.07. The second-order valence-electron chi connectivity index (χ2n) is 4.46. The molecule has 0 aliphatic carbocycles. The number of hydrogen-bond acceptors (Lipinski definition) is 2. The lowest BCUT2D eigenvalue weighted by atomic mass is 10.1. The number of benzene rings is 1. The summed E-state index contributed by atoms with van der Waals surface area (Å²) < 4.78 is 18.7. The van der Waals surface area contributed by atoms with E-state index in [0.29, 0.717) is 11.4 Å². The van der Waals surface area contributed by atoms with E-state index in [4.69, 9.17) is 10.5 Å². The summed E-state index contributed by atoms with van der Waals surface area (Å²) in [5.41, 5.74) is 6.21. The van der Waals surface area contributed by atoms with Crippen molar-refractivity contribution in [2.24, 2.45) is 0 Å². The molecule has 17 heavy (non-hydrogen) atoms. The predicted octanol–water partition coefficient (Wildman–Crippen LogP) is 4.15. The van der Waals surface area contributed by atoms with E-state index >= 15 is 0 Å². The molecule has 1 aromatic carbocycles. The summed E-state index contributed by atoms with van der Waals surface area (Å²) in [5, 5.41) is 0. The number of unbranched alkanes of at least 4 members (excludes halogenated alkanes) is 3. The Balaban J connectivity index is 2.39. The average Bonchev–Trinajstić information content (AvgIpc) is 2.29. The maximum atomic E-state index is 13.0. The molecule has 0 saturated heterocycles. The SMILES string of the molecule is CCCCCCC(C)Oc1cc(F)ccc1N. The number of nitrogen functional groups attached to an aromatic ring is 1. The van der Waals surface area contributed by atoms with Crippen LogP contribution in [0.25, 0.3) is 0 Å². The Bertz CT molecular complexity index is 341. The number of rotatable bonds is 7. The van der Waals surface area contributed by atoms with Crippen molar-refractivity contribution in [3.05, 3.63) is 24.0 Å². The first-order valence-corrected chi connectivity index (χ1v) is 6.35. The summed E-state index contributed by atoms with van der Waals surface area (Å²) >= 11 is 0. The Labute approximate surface area is 103 Å². The lowest BCUT2D eigenvalue weighted by Crippen LogP contribution is -2.12. The van der Waals surface area contributed by atoms with E-state index in [2.05, 4.69) is 6.92 Å². The molecule has 3 heteroatoms. The lowest BCUT2D eigenvalue weighted by Gasteiger charge is -2.16. The van der Waals surface area contributed by atoms with Crippen LogP contribution in [-0.2, 0) is 0 Å². The van der Waals surface area contributed by atoms with Crippen LogP contribution < -0.4 is 10.5 Å². The minimum absolute atomic E-state index is 0.0796. The molecule has 1 atom stereocenters. The van der Waals surface area contributed by atoms with Crippen molar-refractivity contribution >= 4 is 5.69 Å². The molecular formula is C14H22FNO. The van der Waals surface area contributed by atoms with Gasteiger partial charge in [0.1, 0.15) is 11.6 Å². The molecule has 0 amide bonds. The van der Waals surface area contributed by atoms with Crippen molar-refractivity contribution in [3.8, 4) is 5.75 Å². The summed E-state index contributed by atoms with van der Waals surface area (Å²) in [5.74, 6) is 0.139. The lowest BCUT2D eigenvalue weighted by molar-refractivity contribution is 0.207. The van der Waals surface area contributed by atoms with Crippen LogP contribution in [0, 0.1) is 5.82 Å². The maximum absolute atomic E-state index is 13.0. The molecule has 0 heterocycles. The van der Waals surface area contributed by atoms with Gasteiger partial charge in [0, 0.05) is 6.07 Å². The molecule has 0 aliphatic rings. The van der Waals surface area contributed by atoms with Gasteiger partial charge in [-0.3, -0.25) is 0 Å². The van der Waals surface area contributed by atoms with Gasteiger partial charge >= 0.3 is 0 Å². The van der Waals surface area contributed by atoms with Crippen molar-refractivity contribution in [2.45, 2.75) is 52.1 Å². The van der Waals surface area contributed by atoms with Gasteiger partial charge in [0.05, 0.1) is 11.8 Å². The molecule has 2 N–H and O–H groups in total. The first kappa shape index (κ1) is 13.8. The minimum Gasteiger partial charge on any atom is -0.488 e. The predicted molar refractivity (Wildman–Crippen MR) is 69.7 cm³/mol. The summed E-state index contributed by atoms with van der Waals surface area (Å²) in [6, 6.07) is 4.22. The van der Waals surface area contributed by atoms with Crippen LogP contribution in [0.15, 0.2) is 18.2 Å². The van der Waals surface area contributed by atoms with E-state index in [1.807, 2.05) is 6.92 Å². The van der Waals surface area contributed by atoms with E-state index in [9.17, 15) is 4.39 Å². The van der Waals surface area contributed by atoms with Crippen LogP contribution in [0.5, 0.6) is 5.75 Å². The van der Waals surface area contributed by atoms with Gasteiger partial charge < -0.3 is 10.5 Å². The largest absolute Gasteiger partial charge is 0.488 e. The Morgan fingerprint density at radius 2 is 2.06 bits per heavy atom. The molecule has 0 aromatic heterocycles. The van der Waals surface area contributed by atoms with Crippen molar-refractivity contribution in [3.63, 3.8) is 0 Å². The molecular weight excluding hydrogens is 217 g/mol. The standard InChI is InChI=1S/C14H22FNO/c1-3-4-5-6-7-11(2)17-14-10-12(15)8-9-13(14)16/h8-11H,3-7,16H2,1-2H3. The first-order chi connectivity index (χ1) is 8.13. The summed E-state index contributed by atoms with van der Waals surface area (Å²) in [6.45, 7) is 4.18. The summed E-state index contributed by atoms with van der Waals surface area (Å²) in [4.78, 5) is 0. The molecule has 0 bridgehead atoms. The second-order valence-corrected chi connectivity index (χ2v) is 4.46. The molecule has 1 rings (SSSR count). The topological polar surface area (TPSA) is 35.2 Å². The fourth-order valence-corrected chi connectivity index (χ4v) is 1.74. The van der Waals surface area contributed by atoms with Gasteiger partial charge in [0.25, 0.3) is 0 Å². The Hall–Kier alpha value is -1.25. The molecule has 0 fully saturated rings. The second kappa shape index (κ2) is 7.15. The third-order valence-electron chi connectivity index (χ3n) is 2.77. The quantitative estimate of drug-likeness (QED) is 0.573. The highest BCUT2D eigenvalue weighted by molar-refractivity contribution is 5.52. The number of ether oxygens (including phenoxy) is 1. The highest BCUT2D eigenvalue weighted by atomic mass is 19.1. The van der Waals surface area contributed by atoms with E-state index < -0.39 is 0 Å². The number of anilines is 1. The van der Waals surface area contributed by atoms with E-state index in [1.54, 1.807) is 0 Å². The first-order valence-electron chi connectivity index (χ1n) is 6.35. The van der Waals surface area contributed by atoms with Crippen LogP contribution in [0.4, 0.5) is 10.1 Å². The van der Waals surface area contributed by atoms with Crippen LogP contribution in [-0.4, -0.2) is 6.10 Å². The fraction of sp³-hybridized carbons (Fsp3) is 0.571. The third-order valence-corrected chi connectivity index (χ3v) is 2.77. The van der Waals surface area contributed by atoms with E-state index in [-0.39, 0.29) is 11.9 Å². The molecule has 0 radical (unpaired) electrons. The Morgan fingerprint density at radius 3 is 2.76 bits per heavy atom. The van der Waals surface area contributed by atoms with Gasteiger partial charge in [0.2, 0.25) is 0 Å². The van der Waals surface area contributed by atoms with Gasteiger partial charge in [0.15, 0.2) is 0 Å². The van der Waals surface area contributed by atoms with Crippen molar-refractivity contribution < 1.29 is 9.13 Å². The van der Waals surface area contributed by atoms with Gasteiger partial charge in [-0.25, -0.2) is 4.39 Å². The molecule has 96 valence electrons. The molecule has 1 unspecified atom stereocenters. The number of nitrogens with two attached hydrogens (primary N) is 1. The van der Waals surface area contributed by atoms with Gasteiger partial charge in [-0.15, -0.1) is 0 Å². The van der Waals surface area contributed by atoms with E-state index in [1.165, 1.54) is 37.5 Å². The molecule has 0 spiro atoms. The zero-order valence-corrected chi connectivity index (χ0v) is 10.7. The minimum atomic E-state index is -0.313. The van der Waals surface area contributed by atoms with Gasteiger partial charge in [-0.05, 0) is 31.9 Å². The zero-order valence-electron chi connectivity index (χ0n) is 10.7. The normalized spacial score (nSPS) is 12.4. The van der Waals surface area contributed by atoms with E-state index in [0.717, 1.165) is 12.8 Å². The Kier molecular flexibility index (Phi) is 5.81. The van der Waals surface area contributed by atoms with Gasteiger partial charge in [-0.2, -0.15) is 0 Å². The third kappa shape index (κ3) is 5.07. The maximum Gasteiger partial charge on any atom is 0.145 e. The molecule has 0 aliphatic heterocycles. The zero-order chi connectivity index (χ0) is 12.7. The van der Waals surface area contributed by atoms with Crippen molar-refractivity contribution in [1.82, 2.24) is 0 Å². The molecule has 2 nitrogen and oxygen atoms in total. The van der Waals surface area contributed by atoms with Crippen molar-refractivity contribution in [2.75, 3.05) is 5.73 Å². The summed E-state index contributed by atoms with van der Waals surface area (Å²) in [7, 11) is 0. The Morgan fingerprint density at radius 1 is 1.29 bits per heavy atom. The smallest absolute Gasteiger partial charge is 0.145 e. The molecule has 1 aromatic rings. The van der Waals surface area contributed by atoms with Crippen LogP contribution in [0.3, 0.4) is 0 Å². The number of hydrogen-bond donors (Lipinski definition) is 1. The van der Waals surface area contributed by atoms with Crippen LogP contribution in [0.2, 0.25) is 0 Å².